The number of nitrogens with zero attached hydrogens (tertiary/aromatic N) is 4. The summed E-state index contributed by atoms with van der Waals surface area (Å²) in [6, 6.07) is 19.7. The maximum atomic E-state index is 14.8. The summed E-state index contributed by atoms with van der Waals surface area (Å²) in [5, 5.41) is 22.2. The normalized spacial score (nSPS) is 15.7. The SMILES string of the molecule is CC1CCC(Nc2nc(Nc3cc(Nc4ccc5c6c4C(=O)c4ccccc4-c6c(C(=O)c4cccc(S(=O)(=O)O)c4)c(=O)n5C)c(S(=O)(=O)O)cc3SOOO)nc(Oc3ccc(S(=O)(=O)O)cc3)n2)CC1. The number of ketones is 2. The van der Waals surface area contributed by atoms with Crippen molar-refractivity contribution in [2.45, 2.75) is 58.2 Å². The number of hydrogen-bond acceptors (Lipinski definition) is 20. The van der Waals surface area contributed by atoms with Gasteiger partial charge in [0.25, 0.3) is 35.9 Å². The predicted molar refractivity (Wildman–Crippen MR) is 262 cm³/mol. The monoisotopic (exact) mass is 1070 g/mol. The highest BCUT2D eigenvalue weighted by molar-refractivity contribution is 7.94. The highest BCUT2D eigenvalue weighted by Gasteiger charge is 2.35. The third-order valence-electron chi connectivity index (χ3n) is 12.2. The molecular weight excluding hydrogens is 1030 g/mol. The maximum Gasteiger partial charge on any atom is 0.328 e. The van der Waals surface area contributed by atoms with E-state index in [1.54, 1.807) is 12.1 Å². The van der Waals surface area contributed by atoms with Crippen molar-refractivity contribution in [3.63, 3.8) is 0 Å². The molecule has 378 valence electrons. The molecule has 9 rings (SSSR count). The number of aromatic nitrogens is 4. The molecule has 0 spiro atoms. The molecule has 0 amide bonds. The quantitative estimate of drug-likeness (QED) is 0.0161. The van der Waals surface area contributed by atoms with Crippen LogP contribution in [0.4, 0.5) is 29.0 Å². The van der Waals surface area contributed by atoms with Gasteiger partial charge in [-0.2, -0.15) is 40.2 Å². The molecule has 2 aromatic heterocycles. The number of anilines is 5. The van der Waals surface area contributed by atoms with Crippen LogP contribution in [0.2, 0.25) is 0 Å². The Morgan fingerprint density at radius 1 is 0.712 bits per heavy atom. The van der Waals surface area contributed by atoms with Crippen LogP contribution in [0.25, 0.3) is 22.0 Å². The second kappa shape index (κ2) is 19.7. The summed E-state index contributed by atoms with van der Waals surface area (Å²) >= 11 is 0.284. The molecule has 2 aliphatic rings. The van der Waals surface area contributed by atoms with Crippen LogP contribution in [0.5, 0.6) is 11.8 Å². The van der Waals surface area contributed by atoms with Crippen LogP contribution in [-0.4, -0.2) is 81.3 Å². The van der Waals surface area contributed by atoms with Gasteiger partial charge in [0, 0.05) is 35.2 Å². The van der Waals surface area contributed by atoms with Gasteiger partial charge >= 0.3 is 6.01 Å². The average molecular weight is 1070 g/mol. The Bertz CT molecular complexity index is 3830. The summed E-state index contributed by atoms with van der Waals surface area (Å²) in [5.41, 5.74) is -1.91. The van der Waals surface area contributed by atoms with Crippen molar-refractivity contribution in [1.82, 2.24) is 19.5 Å². The van der Waals surface area contributed by atoms with Gasteiger partial charge in [-0.3, -0.25) is 28.0 Å². The van der Waals surface area contributed by atoms with E-state index in [4.69, 9.17) is 14.3 Å². The molecule has 5 aromatic carbocycles. The van der Waals surface area contributed by atoms with E-state index in [0.29, 0.717) is 5.92 Å². The average Bonchev–Trinajstić information content (AvgIpc) is 3.34. The standard InChI is InChI=1S/C46H39N7O16S4/c1-23-10-12-25(13-11-23)47-44-50-45(52-46(51-44)67-26-14-16-27(17-15-26)71(58,59)60)49-32-21-33(36(73(64,65)66)22-35(32)70-69-68-57)48-31-18-19-34-39-37(29-8-3-4-9-30(29)42(55)38(31)39)40(43(56)53(34)2)41(54)24-6-5-7-28(20-24)72(61,62)63/h3-9,14-23,25,48,57H,10-13H2,1-2H3,(H,58,59,60)(H,61,62,63)(H,64,65,66)(H2,47,49,50,51,52). The lowest BCUT2D eigenvalue weighted by molar-refractivity contribution is -0.432. The van der Waals surface area contributed by atoms with Crippen molar-refractivity contribution < 1.29 is 67.9 Å². The fraction of sp³-hybridized carbons (Fsp3) is 0.174. The molecule has 0 saturated heterocycles. The lowest BCUT2D eigenvalue weighted by Crippen LogP contribution is -2.29. The predicted octanol–water partition coefficient (Wildman–Crippen LogP) is 7.60. The lowest BCUT2D eigenvalue weighted by atomic mass is 9.80. The molecule has 1 fully saturated rings. The Kier molecular flexibility index (Phi) is 13.7. The third kappa shape index (κ3) is 10.4. The van der Waals surface area contributed by atoms with Crippen LogP contribution >= 0.6 is 12.0 Å². The molecule has 1 saturated carbocycles. The van der Waals surface area contributed by atoms with Gasteiger partial charge < -0.3 is 25.3 Å². The zero-order valence-corrected chi connectivity index (χ0v) is 41.1. The van der Waals surface area contributed by atoms with Crippen LogP contribution in [0, 0.1) is 5.92 Å². The highest BCUT2D eigenvalue weighted by Crippen LogP contribution is 2.46. The first kappa shape index (κ1) is 50.7. The Labute approximate surface area is 418 Å². The van der Waals surface area contributed by atoms with E-state index in [-0.39, 0.29) is 102 Å². The molecule has 0 unspecified atom stereocenters. The van der Waals surface area contributed by atoms with Gasteiger partial charge in [0.15, 0.2) is 11.6 Å². The second-order valence-corrected chi connectivity index (χ2v) is 21.9. The first-order valence-electron chi connectivity index (χ1n) is 21.7. The number of pyridine rings is 1. The van der Waals surface area contributed by atoms with E-state index < -0.39 is 67.7 Å². The highest BCUT2D eigenvalue weighted by atomic mass is 32.2. The summed E-state index contributed by atoms with van der Waals surface area (Å²) < 4.78 is 116. The number of rotatable bonds is 16. The molecule has 0 atom stereocenters. The molecule has 27 heteroatoms. The van der Waals surface area contributed by atoms with Crippen LogP contribution in [0.3, 0.4) is 0 Å². The van der Waals surface area contributed by atoms with Crippen molar-refractivity contribution in [2.24, 2.45) is 13.0 Å². The number of hydrogen-bond donors (Lipinski definition) is 7. The molecule has 0 aliphatic heterocycles. The second-order valence-electron chi connectivity index (χ2n) is 16.9. The van der Waals surface area contributed by atoms with Gasteiger partial charge in [-0.1, -0.05) is 48.4 Å². The van der Waals surface area contributed by atoms with E-state index in [0.717, 1.165) is 66.6 Å². The van der Waals surface area contributed by atoms with E-state index in [9.17, 15) is 53.3 Å². The number of nitrogens with one attached hydrogen (secondary N) is 3. The van der Waals surface area contributed by atoms with E-state index >= 15 is 0 Å². The largest absolute Gasteiger partial charge is 0.424 e. The zero-order chi connectivity index (χ0) is 52.1. The number of carbonyl (C=O) groups excluding carboxylic acids is 2. The Morgan fingerprint density at radius 3 is 2.07 bits per heavy atom. The summed E-state index contributed by atoms with van der Waals surface area (Å²) in [6.07, 6.45) is 3.40. The molecule has 73 heavy (non-hydrogen) atoms. The first-order valence-corrected chi connectivity index (χ1v) is 26.7. The third-order valence-corrected chi connectivity index (χ3v) is 15.4. The van der Waals surface area contributed by atoms with Crippen molar-refractivity contribution >= 4 is 93.8 Å². The number of fused-ring (bicyclic) bond motifs is 2. The fourth-order valence-electron chi connectivity index (χ4n) is 8.68. The molecule has 2 heterocycles. The van der Waals surface area contributed by atoms with Crippen LogP contribution in [0.1, 0.15) is 64.4 Å². The number of carbonyl (C=O) groups is 2. The van der Waals surface area contributed by atoms with Gasteiger partial charge in [0.1, 0.15) is 10.6 Å². The molecular formula is C46H39N7O16S4. The molecule has 23 nitrogen and oxygen atoms in total. The minimum absolute atomic E-state index is 0.00569. The van der Waals surface area contributed by atoms with Crippen molar-refractivity contribution in [3.8, 4) is 22.9 Å². The molecule has 7 N–H and O–H groups in total. The minimum Gasteiger partial charge on any atom is -0.424 e. The summed E-state index contributed by atoms with van der Waals surface area (Å²) in [7, 11) is -13.2. The molecule has 0 radical (unpaired) electrons. The minimum atomic E-state index is -5.19. The van der Waals surface area contributed by atoms with Gasteiger partial charge in [0.05, 0.1) is 60.4 Å². The van der Waals surface area contributed by atoms with E-state index in [1.807, 2.05) is 0 Å². The maximum absolute atomic E-state index is 14.8. The van der Waals surface area contributed by atoms with Gasteiger partial charge in [-0.25, -0.2) is 5.26 Å². The lowest BCUT2D eigenvalue weighted by Gasteiger charge is -2.27. The zero-order valence-electron chi connectivity index (χ0n) is 37.8. The van der Waals surface area contributed by atoms with Gasteiger partial charge in [-0.05, 0) is 97.8 Å². The van der Waals surface area contributed by atoms with Gasteiger partial charge in [0.2, 0.25) is 11.9 Å². The number of benzene rings is 5. The van der Waals surface area contributed by atoms with Crippen molar-refractivity contribution in [1.29, 1.82) is 0 Å². The molecule has 2 aliphatic carbocycles. The first-order chi connectivity index (χ1) is 34.6. The van der Waals surface area contributed by atoms with Crippen LogP contribution in [-0.2, 0) is 46.8 Å². The fourth-order valence-corrected chi connectivity index (χ4v) is 10.9. The van der Waals surface area contributed by atoms with Crippen molar-refractivity contribution in [3.05, 3.63) is 130 Å². The molecule has 7 aromatic rings. The molecule has 0 bridgehead atoms. The van der Waals surface area contributed by atoms with E-state index in [2.05, 4.69) is 42.9 Å². The summed E-state index contributed by atoms with van der Waals surface area (Å²) in [5.74, 6) is -1.23. The van der Waals surface area contributed by atoms with Crippen molar-refractivity contribution in [2.75, 3.05) is 16.0 Å². The van der Waals surface area contributed by atoms with Crippen LogP contribution in [0.15, 0.2) is 121 Å². The summed E-state index contributed by atoms with van der Waals surface area (Å²) in [4.78, 5) is 54.8. The number of ether oxygens (including phenoxy) is 1. The Morgan fingerprint density at radius 2 is 1.40 bits per heavy atom. The Balaban J connectivity index is 1.19. The number of aryl methyl sites for hydroxylation is 1. The van der Waals surface area contributed by atoms with Gasteiger partial charge in [-0.15, -0.1) is 4.33 Å². The summed E-state index contributed by atoms with van der Waals surface area (Å²) in [6.45, 7) is 2.14. The smallest absolute Gasteiger partial charge is 0.328 e. The Hall–Kier alpha value is -7.18. The van der Waals surface area contributed by atoms with Crippen LogP contribution < -0.4 is 26.2 Å². The topological polar surface area (TPSA) is 342 Å². The van der Waals surface area contributed by atoms with E-state index in [1.165, 1.54) is 55.6 Å².